The molecule has 3 aromatic heterocycles. The van der Waals surface area contributed by atoms with Crippen LogP contribution in [0.15, 0.2) is 79.3 Å². The highest BCUT2D eigenvalue weighted by Crippen LogP contribution is 2.41. The second-order valence-corrected chi connectivity index (χ2v) is 16.5. The van der Waals surface area contributed by atoms with Crippen LogP contribution in [-0.2, 0) is 38.3 Å². The third kappa shape index (κ3) is 7.05. The molecule has 2 amide bonds. The highest BCUT2D eigenvalue weighted by molar-refractivity contribution is 7.89. The Bertz CT molecular complexity index is 2260. The van der Waals surface area contributed by atoms with Crippen LogP contribution >= 0.6 is 0 Å². The zero-order valence-electron chi connectivity index (χ0n) is 30.1. The molecule has 0 spiro atoms. The Morgan fingerprint density at radius 2 is 1.79 bits per heavy atom. The van der Waals surface area contributed by atoms with Crippen LogP contribution in [0.1, 0.15) is 72.3 Å². The number of rotatable bonds is 7. The third-order valence-corrected chi connectivity index (χ3v) is 11.1. The van der Waals surface area contributed by atoms with Crippen molar-refractivity contribution in [2.75, 3.05) is 27.2 Å². The van der Waals surface area contributed by atoms with Gasteiger partial charge in [0.25, 0.3) is 5.91 Å². The summed E-state index contributed by atoms with van der Waals surface area (Å²) in [4.78, 5) is 38.7. The largest absolute Gasteiger partial charge is 0.444 e. The molecule has 5 heterocycles. The molecule has 7 rings (SSSR count). The van der Waals surface area contributed by atoms with Gasteiger partial charge in [0.05, 0.1) is 36.3 Å². The number of carbonyl (C=O) groups excluding carboxylic acids is 2. The lowest BCUT2D eigenvalue weighted by Crippen LogP contribution is -2.36. The number of hydrogen-bond donors (Lipinski definition) is 0. The first kappa shape index (κ1) is 35.3. The molecule has 0 aliphatic carbocycles. The maximum atomic E-state index is 14.0. The van der Waals surface area contributed by atoms with Crippen molar-refractivity contribution in [3.63, 3.8) is 0 Å². The van der Waals surface area contributed by atoms with Gasteiger partial charge in [0, 0.05) is 55.7 Å². The second kappa shape index (κ2) is 13.8. The van der Waals surface area contributed by atoms with E-state index in [2.05, 4.69) is 17.1 Å². The molecular formula is C40H43N5O6S. The van der Waals surface area contributed by atoms with Crippen LogP contribution in [0.3, 0.4) is 0 Å². The lowest BCUT2D eigenvalue weighted by atomic mass is 9.88. The molecule has 2 aromatic carbocycles. The van der Waals surface area contributed by atoms with Gasteiger partial charge in [-0.1, -0.05) is 36.4 Å². The number of aromatic nitrogens is 3. The number of pyridine rings is 2. The van der Waals surface area contributed by atoms with Crippen LogP contribution in [0.25, 0.3) is 33.4 Å². The van der Waals surface area contributed by atoms with Gasteiger partial charge >= 0.3 is 6.09 Å². The Labute approximate surface area is 304 Å². The molecule has 1 fully saturated rings. The number of nitrogens with zero attached hydrogens (tertiary/aromatic N) is 5. The highest BCUT2D eigenvalue weighted by Gasteiger charge is 2.35. The summed E-state index contributed by atoms with van der Waals surface area (Å²) in [7, 11) is -0.540. The molecule has 52 heavy (non-hydrogen) atoms. The molecule has 1 atom stereocenters. The van der Waals surface area contributed by atoms with Crippen molar-refractivity contribution >= 4 is 33.1 Å². The number of benzene rings is 2. The monoisotopic (exact) mass is 721 g/mol. The Morgan fingerprint density at radius 1 is 1.00 bits per heavy atom. The van der Waals surface area contributed by atoms with Gasteiger partial charge in [0.1, 0.15) is 5.60 Å². The van der Waals surface area contributed by atoms with Gasteiger partial charge in [-0.05, 0) is 92.1 Å². The van der Waals surface area contributed by atoms with Crippen molar-refractivity contribution in [3.05, 3.63) is 107 Å². The molecular weight excluding hydrogens is 679 g/mol. The normalized spacial score (nSPS) is 16.2. The summed E-state index contributed by atoms with van der Waals surface area (Å²) in [5.74, 6) is -0.396. The van der Waals surface area contributed by atoms with E-state index >= 15 is 0 Å². The summed E-state index contributed by atoms with van der Waals surface area (Å²) in [6, 6.07) is 18.5. The van der Waals surface area contributed by atoms with Crippen molar-refractivity contribution in [2.24, 2.45) is 0 Å². The Morgan fingerprint density at radius 3 is 2.50 bits per heavy atom. The summed E-state index contributed by atoms with van der Waals surface area (Å²) in [6.45, 7) is 7.28. The Hall–Kier alpha value is -5.07. The zero-order chi connectivity index (χ0) is 36.8. The minimum atomic E-state index is -3.89. The van der Waals surface area contributed by atoms with E-state index in [9.17, 15) is 18.0 Å². The first-order chi connectivity index (χ1) is 24.8. The first-order valence-corrected chi connectivity index (χ1v) is 19.1. The molecule has 270 valence electrons. The molecule has 5 aromatic rings. The van der Waals surface area contributed by atoms with Crippen molar-refractivity contribution in [3.8, 4) is 22.4 Å². The summed E-state index contributed by atoms with van der Waals surface area (Å²) >= 11 is 0. The molecule has 11 nitrogen and oxygen atoms in total. The molecule has 0 saturated carbocycles. The third-order valence-electron chi connectivity index (χ3n) is 9.51. The van der Waals surface area contributed by atoms with Crippen LogP contribution in [0.4, 0.5) is 4.79 Å². The number of carbonyl (C=O) groups is 2. The number of hydrogen-bond acceptors (Lipinski definition) is 8. The fourth-order valence-corrected chi connectivity index (χ4v) is 8.48. The molecule has 1 unspecified atom stereocenters. The molecule has 1 saturated heterocycles. The van der Waals surface area contributed by atoms with Gasteiger partial charge in [-0.15, -0.1) is 0 Å². The van der Waals surface area contributed by atoms with Gasteiger partial charge in [0.2, 0.25) is 10.0 Å². The van der Waals surface area contributed by atoms with Gasteiger partial charge in [-0.3, -0.25) is 9.78 Å². The predicted octanol–water partition coefficient (Wildman–Crippen LogP) is 6.99. The number of likely N-dealkylation sites (tertiary alicyclic amines) is 1. The predicted molar refractivity (Wildman–Crippen MR) is 199 cm³/mol. The van der Waals surface area contributed by atoms with Crippen molar-refractivity contribution in [1.29, 1.82) is 0 Å². The summed E-state index contributed by atoms with van der Waals surface area (Å²) in [6.07, 6.45) is 6.84. The van der Waals surface area contributed by atoms with E-state index in [1.807, 2.05) is 49.9 Å². The standard InChI is InChI=1S/C40H43N5O6S/c1-40(2,3)51-39(47)44-16-9-12-36(44)31-19-29(18-27-15-17-50-24-34(27)31)30-20-32-33(35-14-13-28(21-41-35)38(46)43(4)5)23-45(37(32)42-22-30)52(48,49)25-26-10-7-6-8-11-26/h6-8,10-11,13-14,18-23,36H,9,12,15-17,24-25H2,1-5H3. The van der Waals surface area contributed by atoms with E-state index < -0.39 is 15.6 Å². The van der Waals surface area contributed by atoms with E-state index in [4.69, 9.17) is 14.5 Å². The molecule has 2 aliphatic rings. The maximum absolute atomic E-state index is 14.0. The quantitative estimate of drug-likeness (QED) is 0.176. The van der Waals surface area contributed by atoms with Gasteiger partial charge in [0.15, 0.2) is 5.65 Å². The molecule has 0 bridgehead atoms. The van der Waals surface area contributed by atoms with Crippen LogP contribution in [0.5, 0.6) is 0 Å². The molecule has 0 radical (unpaired) electrons. The van der Waals surface area contributed by atoms with Crippen molar-refractivity contribution in [2.45, 2.75) is 64.0 Å². The van der Waals surface area contributed by atoms with E-state index in [-0.39, 0.29) is 29.4 Å². The van der Waals surface area contributed by atoms with Gasteiger partial charge in [-0.2, -0.15) is 0 Å². The van der Waals surface area contributed by atoms with Gasteiger partial charge < -0.3 is 19.3 Å². The fourth-order valence-electron chi connectivity index (χ4n) is 7.05. The molecule has 12 heteroatoms. The molecule has 0 N–H and O–H groups in total. The van der Waals surface area contributed by atoms with Gasteiger partial charge in [-0.25, -0.2) is 22.2 Å². The van der Waals surface area contributed by atoms with Crippen molar-refractivity contribution < 1.29 is 27.5 Å². The lowest BCUT2D eigenvalue weighted by Gasteiger charge is -2.31. The van der Waals surface area contributed by atoms with Crippen LogP contribution in [0.2, 0.25) is 0 Å². The van der Waals surface area contributed by atoms with Crippen LogP contribution in [0, 0.1) is 0 Å². The van der Waals surface area contributed by atoms with E-state index in [0.29, 0.717) is 47.5 Å². The van der Waals surface area contributed by atoms with Crippen molar-refractivity contribution in [1.82, 2.24) is 23.7 Å². The number of amides is 2. The average molecular weight is 722 g/mol. The Kier molecular flexibility index (Phi) is 9.39. The van der Waals surface area contributed by atoms with E-state index in [1.165, 1.54) is 15.1 Å². The topological polar surface area (TPSA) is 124 Å². The number of ether oxygens (including phenoxy) is 2. The summed E-state index contributed by atoms with van der Waals surface area (Å²) in [5.41, 5.74) is 6.81. The number of fused-ring (bicyclic) bond motifs is 2. The average Bonchev–Trinajstić information content (AvgIpc) is 3.76. The Balaban J connectivity index is 1.35. The zero-order valence-corrected chi connectivity index (χ0v) is 30.9. The lowest BCUT2D eigenvalue weighted by molar-refractivity contribution is 0.0221. The SMILES string of the molecule is CN(C)C(=O)c1ccc(-c2cn(S(=O)(=O)Cc3ccccc3)c3ncc(-c4cc5c(c(C6CCCN6C(=O)OC(C)(C)C)c4)COCC5)cc23)nc1. The fraction of sp³-hybridized carbons (Fsp3) is 0.350. The molecule has 2 aliphatic heterocycles. The minimum absolute atomic E-state index is 0.172. The maximum Gasteiger partial charge on any atom is 0.410 e. The summed E-state index contributed by atoms with van der Waals surface area (Å²) in [5, 5.41) is 0.604. The smallest absolute Gasteiger partial charge is 0.410 e. The summed E-state index contributed by atoms with van der Waals surface area (Å²) < 4.78 is 40.9. The van der Waals surface area contributed by atoms with E-state index in [1.54, 1.807) is 50.8 Å². The van der Waals surface area contributed by atoms with Crippen LogP contribution < -0.4 is 0 Å². The first-order valence-electron chi connectivity index (χ1n) is 17.5. The second-order valence-electron chi connectivity index (χ2n) is 14.6. The minimum Gasteiger partial charge on any atom is -0.444 e. The van der Waals surface area contributed by atoms with Crippen LogP contribution in [-0.4, -0.2) is 77.0 Å². The highest BCUT2D eigenvalue weighted by atomic mass is 32.2. The van der Waals surface area contributed by atoms with E-state index in [0.717, 1.165) is 47.1 Å².